The van der Waals surface area contributed by atoms with E-state index in [-0.39, 0.29) is 6.42 Å². The highest BCUT2D eigenvalue weighted by Crippen LogP contribution is 2.17. The van der Waals surface area contributed by atoms with Crippen molar-refractivity contribution in [1.82, 2.24) is 5.32 Å². The van der Waals surface area contributed by atoms with E-state index in [1.807, 2.05) is 0 Å². The number of nitrogens with one attached hydrogen (secondary N) is 1. The molecule has 1 heterocycles. The Morgan fingerprint density at radius 2 is 2.06 bits per heavy atom. The molecule has 0 aromatic heterocycles. The number of aliphatic hydroxyl groups is 1. The lowest BCUT2D eigenvalue weighted by Crippen LogP contribution is -2.45. The first-order valence-electron chi connectivity index (χ1n) is 5.08. The van der Waals surface area contributed by atoms with Gasteiger partial charge in [0.05, 0.1) is 5.92 Å². The molecule has 0 aliphatic carbocycles. The summed E-state index contributed by atoms with van der Waals surface area (Å²) in [6, 6.07) is -2.25. The zero-order valence-corrected chi connectivity index (χ0v) is 9.25. The third kappa shape index (κ3) is 3.22. The van der Waals surface area contributed by atoms with Crippen LogP contribution in [0, 0.1) is 5.92 Å². The fraction of sp³-hybridized carbons (Fsp3) is 0.667. The molecule has 8 nitrogen and oxygen atoms in total. The van der Waals surface area contributed by atoms with Gasteiger partial charge in [-0.05, 0) is 6.92 Å². The molecule has 3 unspecified atom stereocenters. The molecule has 1 rings (SSSR count). The van der Waals surface area contributed by atoms with E-state index >= 15 is 0 Å². The number of rotatable bonds is 3. The van der Waals surface area contributed by atoms with Gasteiger partial charge in [-0.3, -0.25) is 4.79 Å². The molecule has 4 atom stereocenters. The summed E-state index contributed by atoms with van der Waals surface area (Å²) in [5.41, 5.74) is 10.7. The maximum absolute atomic E-state index is 11.4. The van der Waals surface area contributed by atoms with Crippen molar-refractivity contribution in [2.45, 2.75) is 31.7 Å². The van der Waals surface area contributed by atoms with Gasteiger partial charge < -0.3 is 26.6 Å². The predicted octanol–water partition coefficient (Wildman–Crippen LogP) is -2.81. The Morgan fingerprint density at radius 3 is 2.47 bits per heavy atom. The topological polar surface area (TPSA) is 145 Å². The van der Waals surface area contributed by atoms with Crippen LogP contribution in [-0.4, -0.2) is 41.3 Å². The Balaban J connectivity index is 2.58. The first-order valence-corrected chi connectivity index (χ1v) is 5.08. The minimum Gasteiger partial charge on any atom is -0.391 e. The maximum Gasteiger partial charge on any atom is 0.331 e. The fourth-order valence-electron chi connectivity index (χ4n) is 1.41. The van der Waals surface area contributed by atoms with E-state index < -0.39 is 42.1 Å². The van der Waals surface area contributed by atoms with E-state index in [0.29, 0.717) is 0 Å². The summed E-state index contributed by atoms with van der Waals surface area (Å²) < 4.78 is 4.38. The molecule has 8 heteroatoms. The third-order valence-corrected chi connectivity index (χ3v) is 2.40. The lowest BCUT2D eigenvalue weighted by atomic mass is 9.99. The van der Waals surface area contributed by atoms with Gasteiger partial charge >= 0.3 is 11.9 Å². The summed E-state index contributed by atoms with van der Waals surface area (Å²) in [5, 5.41) is 11.3. The van der Waals surface area contributed by atoms with Crippen molar-refractivity contribution in [2.75, 3.05) is 0 Å². The number of amides is 1. The van der Waals surface area contributed by atoms with Gasteiger partial charge in [-0.2, -0.15) is 0 Å². The number of nitrogens with two attached hydrogens (primary N) is 2. The van der Waals surface area contributed by atoms with E-state index in [1.54, 1.807) is 0 Å². The average Bonchev–Trinajstić information content (AvgIpc) is 2.56. The van der Waals surface area contributed by atoms with Crippen LogP contribution in [0.4, 0.5) is 0 Å². The largest absolute Gasteiger partial charge is 0.391 e. The van der Waals surface area contributed by atoms with Gasteiger partial charge in [0, 0.05) is 6.42 Å². The molecule has 1 saturated heterocycles. The smallest absolute Gasteiger partial charge is 0.331 e. The maximum atomic E-state index is 11.4. The average molecular weight is 245 g/mol. The summed E-state index contributed by atoms with van der Waals surface area (Å²) in [7, 11) is 0. The SMILES string of the molecule is C[C@H](N)C(=O)OC(=O)C(N)C1CC(O)NC1=O. The zero-order valence-electron chi connectivity index (χ0n) is 9.25. The molecule has 0 aromatic carbocycles. The highest BCUT2D eigenvalue weighted by Gasteiger charge is 2.39. The Bertz CT molecular complexity index is 344. The summed E-state index contributed by atoms with van der Waals surface area (Å²) in [5.74, 6) is -3.39. The molecule has 0 saturated carbocycles. The van der Waals surface area contributed by atoms with Crippen LogP contribution >= 0.6 is 0 Å². The standard InChI is InChI=1S/C9H15N3O5/c1-3(10)8(15)17-9(16)6(11)4-2-5(13)12-7(4)14/h3-6,13H,2,10-11H2,1H3,(H,12,14)/t3-,4?,5?,6?/m0/s1. The second kappa shape index (κ2) is 5.21. The number of hydrogen-bond acceptors (Lipinski definition) is 7. The zero-order chi connectivity index (χ0) is 13.2. The van der Waals surface area contributed by atoms with Crippen LogP contribution in [0.3, 0.4) is 0 Å². The summed E-state index contributed by atoms with van der Waals surface area (Å²) >= 11 is 0. The van der Waals surface area contributed by atoms with Crippen LogP contribution in [0.25, 0.3) is 0 Å². The van der Waals surface area contributed by atoms with Gasteiger partial charge in [0.15, 0.2) is 0 Å². The Labute approximate surface area is 97.3 Å². The molecule has 1 amide bonds. The monoisotopic (exact) mass is 245 g/mol. The van der Waals surface area contributed by atoms with Gasteiger partial charge in [-0.25, -0.2) is 9.59 Å². The van der Waals surface area contributed by atoms with Gasteiger partial charge in [0.1, 0.15) is 18.3 Å². The Kier molecular flexibility index (Phi) is 4.16. The minimum absolute atomic E-state index is 0.00146. The Morgan fingerprint density at radius 1 is 1.47 bits per heavy atom. The molecule has 1 fully saturated rings. The summed E-state index contributed by atoms with van der Waals surface area (Å²) in [6.45, 7) is 1.35. The van der Waals surface area contributed by atoms with E-state index in [2.05, 4.69) is 10.1 Å². The molecule has 0 aromatic rings. The quantitative estimate of drug-likeness (QED) is 0.310. The lowest BCUT2D eigenvalue weighted by Gasteiger charge is -2.15. The highest BCUT2D eigenvalue weighted by molar-refractivity contribution is 5.94. The first kappa shape index (κ1) is 13.6. The number of esters is 2. The molecular weight excluding hydrogens is 230 g/mol. The molecule has 1 aliphatic heterocycles. The fourth-order valence-corrected chi connectivity index (χ4v) is 1.41. The summed E-state index contributed by atoms with van der Waals surface area (Å²) in [4.78, 5) is 33.7. The van der Waals surface area contributed by atoms with Crippen molar-refractivity contribution in [3.05, 3.63) is 0 Å². The van der Waals surface area contributed by atoms with E-state index in [1.165, 1.54) is 6.92 Å². The van der Waals surface area contributed by atoms with E-state index in [9.17, 15) is 14.4 Å². The molecule has 1 aliphatic rings. The molecule has 0 bridgehead atoms. The van der Waals surface area contributed by atoms with E-state index in [4.69, 9.17) is 16.6 Å². The highest BCUT2D eigenvalue weighted by atomic mass is 16.6. The van der Waals surface area contributed by atoms with Crippen LogP contribution in [-0.2, 0) is 19.1 Å². The molecular formula is C9H15N3O5. The van der Waals surface area contributed by atoms with E-state index in [0.717, 1.165) is 0 Å². The first-order chi connectivity index (χ1) is 7.82. The Hall–Kier alpha value is -1.51. The van der Waals surface area contributed by atoms with Crippen LogP contribution < -0.4 is 16.8 Å². The molecule has 6 N–H and O–H groups in total. The van der Waals surface area contributed by atoms with Crippen LogP contribution in [0.15, 0.2) is 0 Å². The number of carbonyl (C=O) groups excluding carboxylic acids is 3. The van der Waals surface area contributed by atoms with Gasteiger partial charge in [0.25, 0.3) is 0 Å². The predicted molar refractivity (Wildman–Crippen MR) is 55.0 cm³/mol. The number of aliphatic hydroxyl groups excluding tert-OH is 1. The second-order valence-corrected chi connectivity index (χ2v) is 3.92. The van der Waals surface area contributed by atoms with Crippen molar-refractivity contribution in [2.24, 2.45) is 17.4 Å². The van der Waals surface area contributed by atoms with Gasteiger partial charge in [-0.1, -0.05) is 0 Å². The van der Waals surface area contributed by atoms with Crippen LogP contribution in [0.2, 0.25) is 0 Å². The normalized spacial score (nSPS) is 27.2. The van der Waals surface area contributed by atoms with Crippen molar-refractivity contribution in [3.8, 4) is 0 Å². The molecule has 17 heavy (non-hydrogen) atoms. The van der Waals surface area contributed by atoms with Crippen molar-refractivity contribution < 1.29 is 24.2 Å². The molecule has 0 spiro atoms. The summed E-state index contributed by atoms with van der Waals surface area (Å²) in [6.07, 6.45) is -1.03. The second-order valence-electron chi connectivity index (χ2n) is 3.92. The van der Waals surface area contributed by atoms with Crippen molar-refractivity contribution in [3.63, 3.8) is 0 Å². The minimum atomic E-state index is -1.30. The van der Waals surface area contributed by atoms with Crippen LogP contribution in [0.5, 0.6) is 0 Å². The van der Waals surface area contributed by atoms with Crippen molar-refractivity contribution >= 4 is 17.8 Å². The van der Waals surface area contributed by atoms with Crippen LogP contribution in [0.1, 0.15) is 13.3 Å². The molecule has 96 valence electrons. The third-order valence-electron chi connectivity index (χ3n) is 2.40. The molecule has 0 radical (unpaired) electrons. The lowest BCUT2D eigenvalue weighted by molar-refractivity contribution is -0.162. The number of ether oxygens (including phenoxy) is 1. The number of carbonyl (C=O) groups is 3. The van der Waals surface area contributed by atoms with Gasteiger partial charge in [-0.15, -0.1) is 0 Å². The van der Waals surface area contributed by atoms with Crippen molar-refractivity contribution in [1.29, 1.82) is 0 Å². The van der Waals surface area contributed by atoms with Gasteiger partial charge in [0.2, 0.25) is 5.91 Å². The number of hydrogen-bond donors (Lipinski definition) is 4.